The van der Waals surface area contributed by atoms with E-state index in [4.69, 9.17) is 34.8 Å². The predicted molar refractivity (Wildman–Crippen MR) is 58.2 cm³/mol. The van der Waals surface area contributed by atoms with Gasteiger partial charge in [0.15, 0.2) is 5.78 Å². The average molecular weight is 268 g/mol. The number of carbonyl (C=O) groups is 1. The Hall–Kier alpha value is -0.840. The van der Waals surface area contributed by atoms with Crippen molar-refractivity contribution in [2.24, 2.45) is 0 Å². The number of halogens is 3. The van der Waals surface area contributed by atoms with E-state index in [1.165, 1.54) is 6.07 Å². The Balaban J connectivity index is 3.33. The highest BCUT2D eigenvalue weighted by Gasteiger charge is 2.20. The largest absolute Gasteiger partial charge is 0.293 e. The van der Waals surface area contributed by atoms with Gasteiger partial charge in [0.2, 0.25) is 0 Å². The van der Waals surface area contributed by atoms with Crippen LogP contribution in [-0.4, -0.2) is 16.6 Å². The van der Waals surface area contributed by atoms with Crippen molar-refractivity contribution in [3.63, 3.8) is 0 Å². The summed E-state index contributed by atoms with van der Waals surface area (Å²) in [7, 11) is 0. The molecule has 0 N–H and O–H groups in total. The van der Waals surface area contributed by atoms with Crippen molar-refractivity contribution in [2.45, 2.75) is 0 Å². The number of nitro benzene ring substituents is 1. The van der Waals surface area contributed by atoms with Gasteiger partial charge in [-0.2, -0.15) is 0 Å². The molecule has 0 aliphatic carbocycles. The second-order valence-corrected chi connectivity index (χ2v) is 3.60. The summed E-state index contributed by atoms with van der Waals surface area (Å²) in [6.07, 6.45) is 0. The summed E-state index contributed by atoms with van der Waals surface area (Å²) in [6.45, 7) is 0. The van der Waals surface area contributed by atoms with Crippen molar-refractivity contribution in [3.8, 4) is 0 Å². The smallest absolute Gasteiger partial charge is 0.289 e. The lowest BCUT2D eigenvalue weighted by molar-refractivity contribution is -0.384. The summed E-state index contributed by atoms with van der Waals surface area (Å²) in [5, 5.41) is 10.1. The van der Waals surface area contributed by atoms with E-state index in [1.807, 2.05) is 0 Å². The second-order valence-electron chi connectivity index (χ2n) is 2.57. The third-order valence-corrected chi connectivity index (χ3v) is 2.80. The quantitative estimate of drug-likeness (QED) is 0.366. The first-order chi connectivity index (χ1) is 6.99. The van der Waals surface area contributed by atoms with Crippen molar-refractivity contribution in [3.05, 3.63) is 37.9 Å². The topological polar surface area (TPSA) is 60.2 Å². The number of nitrogens with zero attached hydrogens (tertiary/aromatic N) is 1. The van der Waals surface area contributed by atoms with E-state index in [-0.39, 0.29) is 27.2 Å². The zero-order chi connectivity index (χ0) is 11.6. The van der Waals surface area contributed by atoms with Crippen LogP contribution in [-0.2, 0) is 0 Å². The van der Waals surface area contributed by atoms with Crippen LogP contribution in [0, 0.1) is 10.1 Å². The van der Waals surface area contributed by atoms with E-state index in [0.29, 0.717) is 0 Å². The first-order valence-electron chi connectivity index (χ1n) is 3.70. The van der Waals surface area contributed by atoms with Crippen molar-refractivity contribution < 1.29 is 9.72 Å². The van der Waals surface area contributed by atoms with E-state index >= 15 is 0 Å². The number of alkyl halides is 1. The molecule has 0 aliphatic heterocycles. The van der Waals surface area contributed by atoms with Gasteiger partial charge in [0.05, 0.1) is 15.8 Å². The van der Waals surface area contributed by atoms with Gasteiger partial charge < -0.3 is 0 Å². The van der Waals surface area contributed by atoms with Crippen LogP contribution in [0.3, 0.4) is 0 Å². The van der Waals surface area contributed by atoms with Crippen molar-refractivity contribution in [1.29, 1.82) is 0 Å². The number of carbonyl (C=O) groups excluding carboxylic acids is 1. The first-order valence-corrected chi connectivity index (χ1v) is 4.99. The summed E-state index contributed by atoms with van der Waals surface area (Å²) in [5.41, 5.74) is -0.255. The fourth-order valence-electron chi connectivity index (χ4n) is 0.968. The molecule has 7 heteroatoms. The number of ketones is 1. The molecule has 4 nitrogen and oxygen atoms in total. The van der Waals surface area contributed by atoms with Gasteiger partial charge in [0.25, 0.3) is 5.69 Å². The molecular formula is C8H4Cl3NO3. The molecule has 0 radical (unpaired) electrons. The first kappa shape index (κ1) is 12.2. The molecule has 0 aromatic heterocycles. The minimum atomic E-state index is -0.677. The zero-order valence-corrected chi connectivity index (χ0v) is 9.44. The highest BCUT2D eigenvalue weighted by Crippen LogP contribution is 2.34. The van der Waals surface area contributed by atoms with Gasteiger partial charge in [-0.15, -0.1) is 11.6 Å². The fourth-order valence-corrected chi connectivity index (χ4v) is 1.61. The van der Waals surface area contributed by atoms with E-state index in [1.54, 1.807) is 0 Å². The summed E-state index contributed by atoms with van der Waals surface area (Å²) in [6, 6.07) is 2.35. The number of benzene rings is 1. The number of hydrogen-bond acceptors (Lipinski definition) is 3. The van der Waals surface area contributed by atoms with Gasteiger partial charge in [-0.3, -0.25) is 14.9 Å². The Morgan fingerprint density at radius 2 is 1.93 bits per heavy atom. The Morgan fingerprint density at radius 1 is 1.33 bits per heavy atom. The standard InChI is InChI=1S/C8H4Cl3NO3/c9-3-6(13)4-1-2-5(12(14)15)8(11)7(4)10/h1-2H,3H2. The molecule has 1 aromatic rings. The molecule has 1 aromatic carbocycles. The van der Waals surface area contributed by atoms with Crippen LogP contribution in [0.5, 0.6) is 0 Å². The van der Waals surface area contributed by atoms with Crippen LogP contribution in [0.4, 0.5) is 5.69 Å². The summed E-state index contributed by atoms with van der Waals surface area (Å²) in [5.74, 6) is -0.688. The number of hydrogen-bond donors (Lipinski definition) is 0. The van der Waals surface area contributed by atoms with Crippen LogP contribution < -0.4 is 0 Å². The Labute approximate surface area is 99.9 Å². The molecule has 0 fully saturated rings. The molecule has 0 heterocycles. The van der Waals surface area contributed by atoms with E-state index in [2.05, 4.69) is 0 Å². The maximum Gasteiger partial charge on any atom is 0.289 e. The lowest BCUT2D eigenvalue weighted by Crippen LogP contribution is -2.02. The highest BCUT2D eigenvalue weighted by atomic mass is 35.5. The number of rotatable bonds is 3. The summed E-state index contributed by atoms with van der Waals surface area (Å²) >= 11 is 16.7. The van der Waals surface area contributed by atoms with E-state index in [9.17, 15) is 14.9 Å². The molecule has 0 bridgehead atoms. The third kappa shape index (κ3) is 2.40. The lowest BCUT2D eigenvalue weighted by atomic mass is 10.1. The van der Waals surface area contributed by atoms with Gasteiger partial charge in [0.1, 0.15) is 5.02 Å². The summed E-state index contributed by atoms with van der Waals surface area (Å²) in [4.78, 5) is 21.0. The van der Waals surface area contributed by atoms with Crippen molar-refractivity contribution in [2.75, 3.05) is 5.88 Å². The monoisotopic (exact) mass is 267 g/mol. The normalized spacial score (nSPS) is 10.1. The number of nitro groups is 1. The molecule has 0 atom stereocenters. The SMILES string of the molecule is O=C(CCl)c1ccc([N+](=O)[O-])c(Cl)c1Cl. The molecule has 0 unspecified atom stereocenters. The molecule has 15 heavy (non-hydrogen) atoms. The minimum Gasteiger partial charge on any atom is -0.293 e. The lowest BCUT2D eigenvalue weighted by Gasteiger charge is -2.03. The highest BCUT2D eigenvalue weighted by molar-refractivity contribution is 6.46. The maximum absolute atomic E-state index is 11.2. The van der Waals surface area contributed by atoms with Crippen LogP contribution in [0.2, 0.25) is 10.0 Å². The van der Waals surface area contributed by atoms with Crippen molar-refractivity contribution in [1.82, 2.24) is 0 Å². The van der Waals surface area contributed by atoms with Gasteiger partial charge >= 0.3 is 0 Å². The zero-order valence-electron chi connectivity index (χ0n) is 7.17. The van der Waals surface area contributed by atoms with Gasteiger partial charge in [0, 0.05) is 11.6 Å². The third-order valence-electron chi connectivity index (χ3n) is 1.68. The van der Waals surface area contributed by atoms with Gasteiger partial charge in [-0.05, 0) is 6.07 Å². The van der Waals surface area contributed by atoms with E-state index in [0.717, 1.165) is 6.07 Å². The maximum atomic E-state index is 11.2. The molecule has 0 aliphatic rings. The molecule has 0 amide bonds. The molecule has 0 spiro atoms. The molecule has 0 saturated carbocycles. The Bertz CT molecular complexity index is 433. The van der Waals surface area contributed by atoms with Crippen LogP contribution in [0.1, 0.15) is 10.4 Å². The molecule has 1 rings (SSSR count). The van der Waals surface area contributed by atoms with Crippen LogP contribution in [0.25, 0.3) is 0 Å². The molecule has 80 valence electrons. The Kier molecular flexibility index (Phi) is 3.90. The second kappa shape index (κ2) is 4.79. The average Bonchev–Trinajstić information content (AvgIpc) is 2.20. The molecular weight excluding hydrogens is 264 g/mol. The van der Waals surface area contributed by atoms with E-state index < -0.39 is 10.7 Å². The number of Topliss-reactive ketones (excluding diaryl/α,β-unsaturated/α-hetero) is 1. The van der Waals surface area contributed by atoms with Gasteiger partial charge in [-0.25, -0.2) is 0 Å². The fraction of sp³-hybridized carbons (Fsp3) is 0.125. The van der Waals surface area contributed by atoms with Gasteiger partial charge in [-0.1, -0.05) is 23.2 Å². The minimum absolute atomic E-state index is 0.0854. The molecule has 0 saturated heterocycles. The van der Waals surface area contributed by atoms with Crippen LogP contribution in [0.15, 0.2) is 12.1 Å². The predicted octanol–water partition coefficient (Wildman–Crippen LogP) is 3.32. The Morgan fingerprint density at radius 3 is 2.40 bits per heavy atom. The van der Waals surface area contributed by atoms with Crippen molar-refractivity contribution >= 4 is 46.3 Å². The summed E-state index contributed by atoms with van der Waals surface area (Å²) < 4.78 is 0. The van der Waals surface area contributed by atoms with Crippen LogP contribution >= 0.6 is 34.8 Å².